The van der Waals surface area contributed by atoms with E-state index < -0.39 is 12.1 Å². The second kappa shape index (κ2) is 11.4. The average molecular weight is 568 g/mol. The van der Waals surface area contributed by atoms with Crippen molar-refractivity contribution in [2.75, 3.05) is 5.75 Å². The Bertz CT molecular complexity index is 1510. The van der Waals surface area contributed by atoms with Crippen molar-refractivity contribution in [2.45, 2.75) is 23.9 Å². The predicted octanol–water partition coefficient (Wildman–Crippen LogP) is 4.29. The fourth-order valence-corrected chi connectivity index (χ4v) is 6.58. The highest BCUT2D eigenvalue weighted by atomic mass is 32.2. The average Bonchev–Trinajstić information content (AvgIpc) is 3.54. The van der Waals surface area contributed by atoms with Gasteiger partial charge in [-0.3, -0.25) is 14.5 Å². The number of fused-ring (bicyclic) bond motifs is 1. The standard InChI is InChI=1S/C30H25N5O3S2/c36-24(16-19-10-4-1-5-11-19)32-25-28(37)35-26(22(18-40-29(25)35)23-17-31-34-33-23)30(39)38-27(20-12-6-2-7-13-20)21-14-8-3-9-15-21/h1-15,17,25,27,29H,16,18H2,(H,32,36)(H,31,33,34)/t25-,29-/m1/s1. The van der Waals surface area contributed by atoms with Crippen molar-refractivity contribution in [2.24, 2.45) is 0 Å². The van der Waals surface area contributed by atoms with Gasteiger partial charge in [-0.1, -0.05) is 91.0 Å². The summed E-state index contributed by atoms with van der Waals surface area (Å²) in [6.07, 6.45) is 1.33. The lowest BCUT2D eigenvalue weighted by Crippen LogP contribution is -2.70. The van der Waals surface area contributed by atoms with Crippen LogP contribution < -0.4 is 5.32 Å². The molecule has 2 atom stereocenters. The third kappa shape index (κ3) is 5.15. The van der Waals surface area contributed by atoms with Crippen molar-refractivity contribution >= 4 is 46.4 Å². The van der Waals surface area contributed by atoms with Crippen LogP contribution in [0.2, 0.25) is 0 Å². The number of benzene rings is 3. The fraction of sp³-hybridized carbons (Fsp3) is 0.167. The third-order valence-electron chi connectivity index (χ3n) is 6.84. The molecule has 0 bridgehead atoms. The Morgan fingerprint density at radius 3 is 2.25 bits per heavy atom. The maximum atomic E-state index is 13.5. The number of hydrogen-bond acceptors (Lipinski definition) is 7. The Labute approximate surface area is 240 Å². The maximum absolute atomic E-state index is 13.5. The number of H-pyrrole nitrogens is 1. The van der Waals surface area contributed by atoms with Gasteiger partial charge in [0.1, 0.15) is 28.9 Å². The van der Waals surface area contributed by atoms with E-state index in [1.165, 1.54) is 0 Å². The van der Waals surface area contributed by atoms with E-state index in [9.17, 15) is 9.59 Å². The first-order valence-corrected chi connectivity index (χ1v) is 14.2. The number of β-lactam (4-membered cyclic amide) rings is 1. The Balaban J connectivity index is 1.28. The van der Waals surface area contributed by atoms with Crippen molar-refractivity contribution in [1.29, 1.82) is 0 Å². The summed E-state index contributed by atoms with van der Waals surface area (Å²) >= 11 is 7.45. The van der Waals surface area contributed by atoms with Crippen LogP contribution in [-0.2, 0) is 20.7 Å². The number of ether oxygens (including phenoxy) is 1. The van der Waals surface area contributed by atoms with Crippen LogP contribution in [-0.4, -0.2) is 54.3 Å². The van der Waals surface area contributed by atoms with E-state index in [0.29, 0.717) is 17.1 Å². The quantitative estimate of drug-likeness (QED) is 0.242. The largest absolute Gasteiger partial charge is 0.469 e. The van der Waals surface area contributed by atoms with E-state index in [-0.39, 0.29) is 28.7 Å². The molecule has 1 saturated heterocycles. The number of nitrogens with one attached hydrogen (secondary N) is 2. The molecule has 3 aromatic carbocycles. The SMILES string of the molecule is O=C(Cc1ccccc1)N[C@@H]1C(=O)N2C(C(=S)OC(c3ccccc3)c3ccccc3)=C(c3cn[nH]n3)CS[C@H]12. The minimum atomic E-state index is -0.656. The van der Waals surface area contributed by atoms with Crippen molar-refractivity contribution in [3.8, 4) is 0 Å². The van der Waals surface area contributed by atoms with Gasteiger partial charge in [0, 0.05) is 11.3 Å². The summed E-state index contributed by atoms with van der Waals surface area (Å²) in [5.74, 6) is 0.0767. The molecule has 3 heterocycles. The number of aromatic nitrogens is 3. The van der Waals surface area contributed by atoms with E-state index in [4.69, 9.17) is 17.0 Å². The molecule has 1 aromatic heterocycles. The predicted molar refractivity (Wildman–Crippen MR) is 157 cm³/mol. The fourth-order valence-electron chi connectivity index (χ4n) is 4.90. The highest BCUT2D eigenvalue weighted by Crippen LogP contribution is 2.44. The minimum absolute atomic E-state index is 0.184. The Morgan fingerprint density at radius 1 is 1.02 bits per heavy atom. The molecular weight excluding hydrogens is 542 g/mol. The van der Waals surface area contributed by atoms with E-state index in [0.717, 1.165) is 22.3 Å². The molecule has 0 radical (unpaired) electrons. The van der Waals surface area contributed by atoms with Crippen LogP contribution in [0.5, 0.6) is 0 Å². The first-order chi connectivity index (χ1) is 19.6. The zero-order valence-corrected chi connectivity index (χ0v) is 22.9. The molecule has 0 saturated carbocycles. The van der Waals surface area contributed by atoms with E-state index in [1.54, 1.807) is 22.9 Å². The molecule has 4 aromatic rings. The molecule has 10 heteroatoms. The molecule has 2 aliphatic heterocycles. The Morgan fingerprint density at radius 2 is 1.65 bits per heavy atom. The van der Waals surface area contributed by atoms with E-state index in [1.807, 2.05) is 91.0 Å². The number of nitrogens with zero attached hydrogens (tertiary/aromatic N) is 3. The zero-order chi connectivity index (χ0) is 27.5. The summed E-state index contributed by atoms with van der Waals surface area (Å²) in [6.45, 7) is 0. The summed E-state index contributed by atoms with van der Waals surface area (Å²) in [7, 11) is 0. The summed E-state index contributed by atoms with van der Waals surface area (Å²) in [6, 6.07) is 28.4. The highest BCUT2D eigenvalue weighted by molar-refractivity contribution is 8.00. The molecule has 2 amide bonds. The Hall–Kier alpha value is -4.28. The number of rotatable bonds is 8. The summed E-state index contributed by atoms with van der Waals surface area (Å²) in [5, 5.41) is 13.7. The number of hydrogen-bond donors (Lipinski definition) is 2. The molecule has 200 valence electrons. The molecule has 0 spiro atoms. The summed E-state index contributed by atoms with van der Waals surface area (Å²) in [4.78, 5) is 28.0. The van der Waals surface area contributed by atoms with Gasteiger partial charge >= 0.3 is 0 Å². The maximum Gasteiger partial charge on any atom is 0.253 e. The van der Waals surface area contributed by atoms with Gasteiger partial charge in [-0.25, -0.2) is 0 Å². The third-order valence-corrected chi connectivity index (χ3v) is 8.41. The molecule has 8 nitrogen and oxygen atoms in total. The lowest BCUT2D eigenvalue weighted by Gasteiger charge is -2.50. The second-order valence-corrected chi connectivity index (χ2v) is 10.9. The van der Waals surface area contributed by atoms with E-state index in [2.05, 4.69) is 20.7 Å². The van der Waals surface area contributed by atoms with Gasteiger partial charge in [-0.15, -0.1) is 11.8 Å². The first-order valence-electron chi connectivity index (χ1n) is 12.8. The molecular formula is C30H25N5O3S2. The molecule has 6 rings (SSSR count). The van der Waals surface area contributed by atoms with Gasteiger partial charge in [-0.05, 0) is 28.9 Å². The van der Waals surface area contributed by atoms with E-state index >= 15 is 0 Å². The Kier molecular flexibility index (Phi) is 7.43. The lowest BCUT2D eigenvalue weighted by atomic mass is 10.00. The van der Waals surface area contributed by atoms with Gasteiger partial charge < -0.3 is 10.1 Å². The first kappa shape index (κ1) is 26.0. The van der Waals surface area contributed by atoms with Gasteiger partial charge in [0.2, 0.25) is 11.0 Å². The topological polar surface area (TPSA) is 100 Å². The van der Waals surface area contributed by atoms with Gasteiger partial charge in [0.25, 0.3) is 5.91 Å². The van der Waals surface area contributed by atoms with Crippen LogP contribution in [0.1, 0.15) is 28.5 Å². The number of thiocarbonyl (C=S) groups is 1. The van der Waals surface area contributed by atoms with Crippen molar-refractivity contribution in [3.63, 3.8) is 0 Å². The molecule has 0 aliphatic carbocycles. The van der Waals surface area contributed by atoms with Crippen LogP contribution in [0.4, 0.5) is 0 Å². The molecule has 40 heavy (non-hydrogen) atoms. The van der Waals surface area contributed by atoms with Crippen LogP contribution in [0.15, 0.2) is 103 Å². The second-order valence-electron chi connectivity index (χ2n) is 9.41. The van der Waals surface area contributed by atoms with Crippen LogP contribution in [0.3, 0.4) is 0 Å². The minimum Gasteiger partial charge on any atom is -0.469 e. The van der Waals surface area contributed by atoms with Gasteiger partial charge in [0.05, 0.1) is 12.6 Å². The van der Waals surface area contributed by atoms with Crippen LogP contribution >= 0.6 is 24.0 Å². The lowest BCUT2D eigenvalue weighted by molar-refractivity contribution is -0.145. The number of thioether (sulfide) groups is 1. The molecule has 1 fully saturated rings. The van der Waals surface area contributed by atoms with Crippen molar-refractivity contribution in [1.82, 2.24) is 25.6 Å². The summed E-state index contributed by atoms with van der Waals surface area (Å²) in [5.41, 5.74) is 4.58. The van der Waals surface area contributed by atoms with Gasteiger partial charge in [-0.2, -0.15) is 15.4 Å². The molecule has 0 unspecified atom stereocenters. The van der Waals surface area contributed by atoms with Crippen LogP contribution in [0, 0.1) is 0 Å². The van der Waals surface area contributed by atoms with Crippen LogP contribution in [0.25, 0.3) is 5.57 Å². The zero-order valence-electron chi connectivity index (χ0n) is 21.3. The number of amides is 2. The highest BCUT2D eigenvalue weighted by Gasteiger charge is 2.54. The van der Waals surface area contributed by atoms with Crippen molar-refractivity contribution < 1.29 is 14.3 Å². The number of carbonyl (C=O) groups is 2. The number of aromatic amines is 1. The molecule has 2 N–H and O–H groups in total. The number of carbonyl (C=O) groups excluding carboxylic acids is 2. The summed E-state index contributed by atoms with van der Waals surface area (Å²) < 4.78 is 6.51. The van der Waals surface area contributed by atoms with Crippen molar-refractivity contribution in [3.05, 3.63) is 125 Å². The molecule has 2 aliphatic rings. The normalized spacial score (nSPS) is 18.2. The smallest absolute Gasteiger partial charge is 0.253 e. The van der Waals surface area contributed by atoms with Gasteiger partial charge in [0.15, 0.2) is 0 Å². The monoisotopic (exact) mass is 567 g/mol.